The maximum absolute atomic E-state index is 13.3. The highest BCUT2D eigenvalue weighted by atomic mass is 35.5. The summed E-state index contributed by atoms with van der Waals surface area (Å²) in [7, 11) is 1.59. The normalized spacial score (nSPS) is 17.8. The van der Waals surface area contributed by atoms with Gasteiger partial charge in [-0.1, -0.05) is 62.7 Å². The van der Waals surface area contributed by atoms with Crippen LogP contribution < -0.4 is 9.64 Å². The molecule has 1 heterocycles. The molecule has 4 rings (SSSR count). The number of carbonyl (C=O) groups is 2. The molecule has 0 radical (unpaired) electrons. The fourth-order valence-electron chi connectivity index (χ4n) is 4.25. The lowest BCUT2D eigenvalue weighted by molar-refractivity contribution is -0.132. The summed E-state index contributed by atoms with van der Waals surface area (Å²) < 4.78 is 5.51. The van der Waals surface area contributed by atoms with E-state index in [0.717, 1.165) is 5.56 Å². The van der Waals surface area contributed by atoms with Gasteiger partial charge >= 0.3 is 0 Å². The number of methoxy groups -OCH3 is 1. The number of halogens is 1. The number of benzene rings is 3. The third kappa shape index (κ3) is 4.19. The van der Waals surface area contributed by atoms with Crippen LogP contribution >= 0.6 is 11.6 Å². The van der Waals surface area contributed by atoms with E-state index in [9.17, 15) is 14.7 Å². The van der Waals surface area contributed by atoms with Crippen molar-refractivity contribution >= 4 is 34.7 Å². The Bertz CT molecular complexity index is 1270. The number of carbonyl (C=O) groups excluding carboxylic acids is 2. The molecule has 34 heavy (non-hydrogen) atoms. The summed E-state index contributed by atoms with van der Waals surface area (Å²) in [6, 6.07) is 20.4. The summed E-state index contributed by atoms with van der Waals surface area (Å²) in [4.78, 5) is 27.9. The van der Waals surface area contributed by atoms with Crippen molar-refractivity contribution in [2.24, 2.45) is 0 Å². The number of amides is 1. The van der Waals surface area contributed by atoms with Crippen molar-refractivity contribution in [1.29, 1.82) is 0 Å². The Hall–Kier alpha value is -3.57. The number of aliphatic hydroxyl groups is 1. The van der Waals surface area contributed by atoms with Crippen LogP contribution in [-0.4, -0.2) is 23.9 Å². The first-order valence-corrected chi connectivity index (χ1v) is 11.3. The molecule has 1 aliphatic heterocycles. The highest BCUT2D eigenvalue weighted by molar-refractivity contribution is 6.51. The van der Waals surface area contributed by atoms with E-state index in [4.69, 9.17) is 16.3 Å². The Balaban J connectivity index is 1.94. The monoisotopic (exact) mass is 475 g/mol. The SMILES string of the molecule is COc1ccc(/C(O)=C2/C(=O)C(=O)N(c3ccc(Cl)cc3)C2c2ccccc2)cc1C(C)(C)C. The molecular weight excluding hydrogens is 450 g/mol. The zero-order valence-electron chi connectivity index (χ0n) is 19.5. The van der Waals surface area contributed by atoms with Crippen molar-refractivity contribution in [3.8, 4) is 5.75 Å². The molecule has 1 atom stereocenters. The quantitative estimate of drug-likeness (QED) is 0.274. The van der Waals surface area contributed by atoms with Gasteiger partial charge in [-0.3, -0.25) is 14.5 Å². The van der Waals surface area contributed by atoms with Crippen molar-refractivity contribution < 1.29 is 19.4 Å². The van der Waals surface area contributed by atoms with Crippen LogP contribution in [0.2, 0.25) is 5.02 Å². The van der Waals surface area contributed by atoms with Gasteiger partial charge in [-0.25, -0.2) is 0 Å². The molecule has 0 aromatic heterocycles. The lowest BCUT2D eigenvalue weighted by Crippen LogP contribution is -2.29. The zero-order chi connectivity index (χ0) is 24.6. The number of Topliss-reactive ketones (excluding diaryl/α,β-unsaturated/α-hetero) is 1. The minimum atomic E-state index is -0.789. The third-order valence-corrected chi connectivity index (χ3v) is 6.20. The lowest BCUT2D eigenvalue weighted by atomic mass is 9.84. The Morgan fingerprint density at radius 2 is 1.62 bits per heavy atom. The van der Waals surface area contributed by atoms with Crippen molar-refractivity contribution in [3.05, 3.63) is 100 Å². The summed E-state index contributed by atoms with van der Waals surface area (Å²) in [5.74, 6) is -0.987. The predicted octanol–water partition coefficient (Wildman–Crippen LogP) is 6.27. The second-order valence-corrected chi connectivity index (χ2v) is 9.66. The Morgan fingerprint density at radius 3 is 2.21 bits per heavy atom. The van der Waals surface area contributed by atoms with E-state index in [1.165, 1.54) is 4.90 Å². The molecule has 1 saturated heterocycles. The Morgan fingerprint density at radius 1 is 0.971 bits per heavy atom. The molecule has 1 unspecified atom stereocenters. The Labute approximate surface area is 204 Å². The number of rotatable bonds is 4. The number of ether oxygens (including phenoxy) is 1. The third-order valence-electron chi connectivity index (χ3n) is 5.95. The number of aliphatic hydroxyl groups excluding tert-OH is 1. The van der Waals surface area contributed by atoms with E-state index in [2.05, 4.69) is 0 Å². The van der Waals surface area contributed by atoms with E-state index in [1.54, 1.807) is 43.5 Å². The number of ketones is 1. The number of hydrogen-bond acceptors (Lipinski definition) is 4. The van der Waals surface area contributed by atoms with Gasteiger partial charge in [0.25, 0.3) is 11.7 Å². The summed E-state index contributed by atoms with van der Waals surface area (Å²) in [6.45, 7) is 6.12. The van der Waals surface area contributed by atoms with Gasteiger partial charge in [0.15, 0.2) is 0 Å². The summed E-state index contributed by atoms with van der Waals surface area (Å²) in [5, 5.41) is 11.9. The molecule has 1 N–H and O–H groups in total. The molecule has 1 fully saturated rings. The average Bonchev–Trinajstić information content (AvgIpc) is 3.09. The van der Waals surface area contributed by atoms with Crippen LogP contribution in [0, 0.1) is 0 Å². The van der Waals surface area contributed by atoms with E-state index in [0.29, 0.717) is 27.6 Å². The fraction of sp³-hybridized carbons (Fsp3) is 0.214. The van der Waals surface area contributed by atoms with Crippen LogP contribution in [0.5, 0.6) is 5.75 Å². The molecule has 3 aromatic carbocycles. The topological polar surface area (TPSA) is 66.8 Å². The second-order valence-electron chi connectivity index (χ2n) is 9.22. The highest BCUT2D eigenvalue weighted by Crippen LogP contribution is 2.43. The van der Waals surface area contributed by atoms with E-state index < -0.39 is 17.7 Å². The van der Waals surface area contributed by atoms with Crippen LogP contribution in [0.1, 0.15) is 43.5 Å². The number of anilines is 1. The highest BCUT2D eigenvalue weighted by Gasteiger charge is 2.47. The van der Waals surface area contributed by atoms with E-state index in [1.807, 2.05) is 57.2 Å². The first kappa shape index (κ1) is 23.6. The first-order chi connectivity index (χ1) is 16.1. The summed E-state index contributed by atoms with van der Waals surface area (Å²) in [5.41, 5.74) is 2.32. The van der Waals surface area contributed by atoms with Gasteiger partial charge in [-0.2, -0.15) is 0 Å². The van der Waals surface area contributed by atoms with Gasteiger partial charge in [0, 0.05) is 21.8 Å². The molecule has 0 spiro atoms. The average molecular weight is 476 g/mol. The van der Waals surface area contributed by atoms with Crippen LogP contribution in [0.4, 0.5) is 5.69 Å². The smallest absolute Gasteiger partial charge is 0.300 e. The molecule has 0 bridgehead atoms. The molecule has 174 valence electrons. The maximum atomic E-state index is 13.3. The minimum Gasteiger partial charge on any atom is -0.507 e. The number of nitrogens with zero attached hydrogens (tertiary/aromatic N) is 1. The minimum absolute atomic E-state index is 0.0381. The molecule has 5 nitrogen and oxygen atoms in total. The summed E-state index contributed by atoms with van der Waals surface area (Å²) >= 11 is 6.04. The molecule has 0 aliphatic carbocycles. The molecule has 3 aromatic rings. The lowest BCUT2D eigenvalue weighted by Gasteiger charge is -2.26. The van der Waals surface area contributed by atoms with E-state index in [-0.39, 0.29) is 16.7 Å². The van der Waals surface area contributed by atoms with Gasteiger partial charge in [0.1, 0.15) is 11.5 Å². The van der Waals surface area contributed by atoms with Gasteiger partial charge in [-0.15, -0.1) is 0 Å². The van der Waals surface area contributed by atoms with Gasteiger partial charge in [0.2, 0.25) is 0 Å². The van der Waals surface area contributed by atoms with Crippen LogP contribution in [-0.2, 0) is 15.0 Å². The molecule has 1 amide bonds. The van der Waals surface area contributed by atoms with Crippen molar-refractivity contribution in [2.45, 2.75) is 32.2 Å². The van der Waals surface area contributed by atoms with Gasteiger partial charge in [0.05, 0.1) is 18.7 Å². The molecule has 1 aliphatic rings. The number of hydrogen-bond donors (Lipinski definition) is 1. The fourth-order valence-corrected chi connectivity index (χ4v) is 4.37. The molecule has 0 saturated carbocycles. The van der Waals surface area contributed by atoms with Gasteiger partial charge < -0.3 is 9.84 Å². The van der Waals surface area contributed by atoms with Crippen LogP contribution in [0.15, 0.2) is 78.4 Å². The van der Waals surface area contributed by atoms with Crippen molar-refractivity contribution in [1.82, 2.24) is 0 Å². The standard InChI is InChI=1S/C28H26ClNO4/c1-28(2,3)21-16-18(10-15-22(21)34-4)25(31)23-24(17-8-6-5-7-9-17)30(27(33)26(23)32)20-13-11-19(29)12-14-20/h5-16,24,31H,1-4H3/b25-23-. The summed E-state index contributed by atoms with van der Waals surface area (Å²) in [6.07, 6.45) is 0. The second kappa shape index (κ2) is 8.99. The van der Waals surface area contributed by atoms with Crippen LogP contribution in [0.25, 0.3) is 5.76 Å². The van der Waals surface area contributed by atoms with E-state index >= 15 is 0 Å². The predicted molar refractivity (Wildman–Crippen MR) is 134 cm³/mol. The first-order valence-electron chi connectivity index (χ1n) is 10.9. The van der Waals surface area contributed by atoms with Gasteiger partial charge in [-0.05, 0) is 53.4 Å². The van der Waals surface area contributed by atoms with Crippen molar-refractivity contribution in [2.75, 3.05) is 12.0 Å². The van der Waals surface area contributed by atoms with Crippen LogP contribution in [0.3, 0.4) is 0 Å². The zero-order valence-corrected chi connectivity index (χ0v) is 20.3. The van der Waals surface area contributed by atoms with Crippen molar-refractivity contribution in [3.63, 3.8) is 0 Å². The largest absolute Gasteiger partial charge is 0.507 e. The molecule has 6 heteroatoms. The molecular formula is C28H26ClNO4. The Kier molecular flexibility index (Phi) is 6.24. The maximum Gasteiger partial charge on any atom is 0.300 e.